The Kier molecular flexibility index (Phi) is 3.39. The first kappa shape index (κ1) is 14.9. The number of fused-ring (bicyclic) bond motifs is 2. The highest BCUT2D eigenvalue weighted by Crippen LogP contribution is 2.29. The van der Waals surface area contributed by atoms with Gasteiger partial charge in [-0.1, -0.05) is 34.1 Å². The summed E-state index contributed by atoms with van der Waals surface area (Å²) in [6.45, 7) is 1.84. The van der Waals surface area contributed by atoms with Gasteiger partial charge in [-0.25, -0.2) is 9.59 Å². The largest absolute Gasteiger partial charge is 0.422 e. The monoisotopic (exact) mass is 382 g/mol. The summed E-state index contributed by atoms with van der Waals surface area (Å²) < 4.78 is 11.7. The molecule has 5 heteroatoms. The SMILES string of the molecule is Cc1cc(=O)oc2c(-c3cc4cc(Br)ccc4oc3=O)cccc12. The Morgan fingerprint density at radius 1 is 0.917 bits per heavy atom. The fraction of sp³-hybridized carbons (Fsp3) is 0.0526. The molecule has 0 saturated heterocycles. The summed E-state index contributed by atoms with van der Waals surface area (Å²) >= 11 is 3.41. The first-order valence-electron chi connectivity index (χ1n) is 7.30. The van der Waals surface area contributed by atoms with Gasteiger partial charge in [-0.15, -0.1) is 0 Å². The van der Waals surface area contributed by atoms with Crippen LogP contribution < -0.4 is 11.3 Å². The molecule has 0 amide bonds. The first-order valence-corrected chi connectivity index (χ1v) is 8.09. The van der Waals surface area contributed by atoms with Gasteiger partial charge in [0.05, 0.1) is 5.56 Å². The van der Waals surface area contributed by atoms with Crippen LogP contribution in [0.15, 0.2) is 71.4 Å². The second-order valence-electron chi connectivity index (χ2n) is 5.56. The van der Waals surface area contributed by atoms with Gasteiger partial charge in [0, 0.05) is 26.9 Å². The van der Waals surface area contributed by atoms with Crippen LogP contribution >= 0.6 is 15.9 Å². The molecule has 4 aromatic rings. The molecule has 2 aromatic heterocycles. The molecule has 0 N–H and O–H groups in total. The van der Waals surface area contributed by atoms with E-state index in [-0.39, 0.29) is 0 Å². The molecular weight excluding hydrogens is 372 g/mol. The van der Waals surface area contributed by atoms with Crippen molar-refractivity contribution in [1.29, 1.82) is 0 Å². The fourth-order valence-electron chi connectivity index (χ4n) is 2.84. The smallest absolute Gasteiger partial charge is 0.344 e. The Morgan fingerprint density at radius 2 is 1.75 bits per heavy atom. The molecule has 0 aliphatic carbocycles. The molecule has 0 radical (unpaired) electrons. The van der Waals surface area contributed by atoms with E-state index in [0.717, 1.165) is 20.8 Å². The van der Waals surface area contributed by atoms with Gasteiger partial charge in [0.1, 0.15) is 11.2 Å². The van der Waals surface area contributed by atoms with Crippen molar-refractivity contribution in [1.82, 2.24) is 0 Å². The molecule has 0 fully saturated rings. The highest BCUT2D eigenvalue weighted by Gasteiger charge is 2.14. The number of hydrogen-bond donors (Lipinski definition) is 0. The second-order valence-corrected chi connectivity index (χ2v) is 6.48. The summed E-state index contributed by atoms with van der Waals surface area (Å²) in [5.74, 6) is 0. The van der Waals surface area contributed by atoms with Crippen LogP contribution in [0.5, 0.6) is 0 Å². The lowest BCUT2D eigenvalue weighted by atomic mass is 10.0. The molecule has 24 heavy (non-hydrogen) atoms. The number of hydrogen-bond acceptors (Lipinski definition) is 4. The predicted octanol–water partition coefficient (Wildman–Crippen LogP) is 4.64. The first-order chi connectivity index (χ1) is 11.5. The Hall–Kier alpha value is -2.66. The summed E-state index contributed by atoms with van der Waals surface area (Å²) in [7, 11) is 0. The maximum absolute atomic E-state index is 12.4. The van der Waals surface area contributed by atoms with E-state index in [4.69, 9.17) is 8.83 Å². The van der Waals surface area contributed by atoms with Crippen LogP contribution in [-0.4, -0.2) is 0 Å². The van der Waals surface area contributed by atoms with Gasteiger partial charge in [0.25, 0.3) is 0 Å². The zero-order chi connectivity index (χ0) is 16.8. The van der Waals surface area contributed by atoms with Gasteiger partial charge in [0.15, 0.2) is 0 Å². The van der Waals surface area contributed by atoms with Gasteiger partial charge < -0.3 is 8.83 Å². The van der Waals surface area contributed by atoms with Gasteiger partial charge in [0.2, 0.25) is 0 Å². The van der Waals surface area contributed by atoms with Crippen LogP contribution in [0.4, 0.5) is 0 Å². The zero-order valence-corrected chi connectivity index (χ0v) is 14.2. The quantitative estimate of drug-likeness (QED) is 0.450. The van der Waals surface area contributed by atoms with E-state index in [0.29, 0.717) is 22.3 Å². The average Bonchev–Trinajstić information content (AvgIpc) is 2.54. The third-order valence-electron chi connectivity index (χ3n) is 3.96. The van der Waals surface area contributed by atoms with Gasteiger partial charge in [-0.05, 0) is 36.8 Å². The molecular formula is C19H11BrO4. The maximum Gasteiger partial charge on any atom is 0.344 e. The standard InChI is InChI=1S/C19H11BrO4/c1-10-7-17(21)24-18-13(10)3-2-4-14(18)15-9-11-8-12(20)5-6-16(11)23-19(15)22/h2-9H,1H3. The van der Waals surface area contributed by atoms with Crippen molar-refractivity contribution >= 4 is 37.9 Å². The van der Waals surface area contributed by atoms with Crippen molar-refractivity contribution in [2.24, 2.45) is 0 Å². The van der Waals surface area contributed by atoms with E-state index in [9.17, 15) is 9.59 Å². The van der Waals surface area contributed by atoms with E-state index < -0.39 is 11.3 Å². The minimum Gasteiger partial charge on any atom is -0.422 e. The summed E-state index contributed by atoms with van der Waals surface area (Å²) in [4.78, 5) is 24.2. The summed E-state index contributed by atoms with van der Waals surface area (Å²) in [5, 5.41) is 1.58. The van der Waals surface area contributed by atoms with Crippen molar-refractivity contribution < 1.29 is 8.83 Å². The number of aryl methyl sites for hydroxylation is 1. The Labute approximate surface area is 144 Å². The molecule has 0 atom stereocenters. The molecule has 0 aliphatic heterocycles. The highest BCUT2D eigenvalue weighted by molar-refractivity contribution is 9.10. The van der Waals surface area contributed by atoms with Gasteiger partial charge in [-0.2, -0.15) is 0 Å². The molecule has 0 spiro atoms. The van der Waals surface area contributed by atoms with Crippen molar-refractivity contribution in [3.63, 3.8) is 0 Å². The van der Waals surface area contributed by atoms with Crippen LogP contribution in [0.25, 0.3) is 33.1 Å². The van der Waals surface area contributed by atoms with Crippen molar-refractivity contribution in [3.8, 4) is 11.1 Å². The minimum absolute atomic E-state index is 0.361. The third kappa shape index (κ3) is 2.37. The molecule has 4 nitrogen and oxygen atoms in total. The maximum atomic E-state index is 12.4. The van der Waals surface area contributed by atoms with Crippen molar-refractivity contribution in [2.45, 2.75) is 6.92 Å². The summed E-state index contributed by atoms with van der Waals surface area (Å²) in [5.41, 5.74) is 1.69. The lowest BCUT2D eigenvalue weighted by Crippen LogP contribution is -2.05. The summed E-state index contributed by atoms with van der Waals surface area (Å²) in [6, 6.07) is 14.0. The van der Waals surface area contributed by atoms with Crippen LogP contribution in [0.1, 0.15) is 5.56 Å². The minimum atomic E-state index is -0.471. The van der Waals surface area contributed by atoms with E-state index >= 15 is 0 Å². The van der Waals surface area contributed by atoms with Gasteiger partial charge in [-0.3, -0.25) is 0 Å². The van der Waals surface area contributed by atoms with Crippen LogP contribution in [0.3, 0.4) is 0 Å². The fourth-order valence-corrected chi connectivity index (χ4v) is 3.22. The molecule has 2 heterocycles. The Morgan fingerprint density at radius 3 is 2.58 bits per heavy atom. The van der Waals surface area contributed by atoms with Crippen LogP contribution in [0.2, 0.25) is 0 Å². The van der Waals surface area contributed by atoms with Crippen LogP contribution in [0, 0.1) is 6.92 Å². The number of benzene rings is 2. The molecule has 4 rings (SSSR count). The predicted molar refractivity (Wildman–Crippen MR) is 96.4 cm³/mol. The van der Waals surface area contributed by atoms with E-state index in [1.54, 1.807) is 18.2 Å². The number of halogens is 1. The molecule has 0 bridgehead atoms. The molecule has 0 unspecified atom stereocenters. The van der Waals surface area contributed by atoms with E-state index in [1.807, 2.05) is 31.2 Å². The zero-order valence-electron chi connectivity index (χ0n) is 12.6. The lowest BCUT2D eigenvalue weighted by Gasteiger charge is -2.07. The number of para-hydroxylation sites is 1. The van der Waals surface area contributed by atoms with Crippen molar-refractivity contribution in [2.75, 3.05) is 0 Å². The topological polar surface area (TPSA) is 60.4 Å². The normalized spacial score (nSPS) is 11.2. The summed E-state index contributed by atoms with van der Waals surface area (Å²) in [6.07, 6.45) is 0. The van der Waals surface area contributed by atoms with Crippen molar-refractivity contribution in [3.05, 3.63) is 79.4 Å². The lowest BCUT2D eigenvalue weighted by molar-refractivity contribution is 0.555. The molecule has 118 valence electrons. The van der Waals surface area contributed by atoms with Gasteiger partial charge >= 0.3 is 11.3 Å². The number of rotatable bonds is 1. The Bertz CT molecular complexity index is 1220. The molecule has 0 saturated carbocycles. The molecule has 2 aromatic carbocycles. The Balaban J connectivity index is 2.11. The third-order valence-corrected chi connectivity index (χ3v) is 4.45. The average molecular weight is 383 g/mol. The molecule has 0 aliphatic rings. The van der Waals surface area contributed by atoms with E-state index in [2.05, 4.69) is 15.9 Å². The van der Waals surface area contributed by atoms with Crippen LogP contribution in [-0.2, 0) is 0 Å². The highest BCUT2D eigenvalue weighted by atomic mass is 79.9. The second kappa shape index (κ2) is 5.46. The van der Waals surface area contributed by atoms with E-state index in [1.165, 1.54) is 6.07 Å².